The Morgan fingerprint density at radius 1 is 1.10 bits per heavy atom. The van der Waals surface area contributed by atoms with E-state index in [1.54, 1.807) is 16.4 Å². The molecule has 1 atom stereocenters. The number of aryl methyl sites for hydroxylation is 2. The summed E-state index contributed by atoms with van der Waals surface area (Å²) in [5, 5.41) is 1.39. The Bertz CT molecular complexity index is 1200. The van der Waals surface area contributed by atoms with E-state index >= 15 is 0 Å². The molecule has 4 nitrogen and oxygen atoms in total. The van der Waals surface area contributed by atoms with Gasteiger partial charge in [0, 0.05) is 30.6 Å². The van der Waals surface area contributed by atoms with Crippen LogP contribution in [0.1, 0.15) is 47.6 Å². The van der Waals surface area contributed by atoms with Crippen LogP contribution in [-0.2, 0) is 16.4 Å². The minimum atomic E-state index is -3.51. The molecule has 3 aliphatic rings. The molecule has 2 aromatic rings. The van der Waals surface area contributed by atoms with Gasteiger partial charge in [-0.2, -0.15) is 4.31 Å². The SMILES string of the molecule is Cc1ccc(S(=O)(=O)N2CC3=C(C[C@@H]4CCCc5occ(c54)/C([Si](C)(C)C)=C\3)C2)cc1. The van der Waals surface area contributed by atoms with Crippen molar-refractivity contribution in [3.8, 4) is 0 Å². The van der Waals surface area contributed by atoms with E-state index in [9.17, 15) is 8.42 Å². The summed E-state index contributed by atoms with van der Waals surface area (Å²) >= 11 is 0. The fourth-order valence-electron chi connectivity index (χ4n) is 5.33. The molecule has 0 bridgehead atoms. The molecule has 0 radical (unpaired) electrons. The fourth-order valence-corrected chi connectivity index (χ4v) is 8.35. The van der Waals surface area contributed by atoms with Crippen LogP contribution in [0.4, 0.5) is 0 Å². The van der Waals surface area contributed by atoms with Crippen molar-refractivity contribution in [2.75, 3.05) is 13.1 Å². The lowest BCUT2D eigenvalue weighted by Crippen LogP contribution is -2.29. The minimum Gasteiger partial charge on any atom is -0.468 e. The number of rotatable bonds is 3. The molecule has 2 aliphatic carbocycles. The van der Waals surface area contributed by atoms with Crippen LogP contribution in [0, 0.1) is 6.92 Å². The van der Waals surface area contributed by atoms with Gasteiger partial charge < -0.3 is 4.42 Å². The maximum atomic E-state index is 13.4. The Morgan fingerprint density at radius 2 is 1.84 bits per heavy atom. The highest BCUT2D eigenvalue weighted by Gasteiger charge is 2.38. The predicted octanol–water partition coefficient (Wildman–Crippen LogP) is 5.67. The van der Waals surface area contributed by atoms with Crippen LogP contribution in [-0.4, -0.2) is 33.9 Å². The second-order valence-corrected chi connectivity index (χ2v) is 17.3. The number of furan rings is 1. The van der Waals surface area contributed by atoms with Crippen LogP contribution in [0.5, 0.6) is 0 Å². The van der Waals surface area contributed by atoms with Crippen molar-refractivity contribution in [2.45, 2.75) is 63.1 Å². The van der Waals surface area contributed by atoms with Gasteiger partial charge >= 0.3 is 0 Å². The van der Waals surface area contributed by atoms with Gasteiger partial charge in [-0.1, -0.05) is 43.4 Å². The summed E-state index contributed by atoms with van der Waals surface area (Å²) in [7, 11) is -5.17. The van der Waals surface area contributed by atoms with Crippen molar-refractivity contribution in [1.82, 2.24) is 4.31 Å². The molecule has 6 heteroatoms. The monoisotopic (exact) mass is 453 g/mol. The molecule has 0 N–H and O–H groups in total. The molecule has 164 valence electrons. The van der Waals surface area contributed by atoms with Gasteiger partial charge in [0.1, 0.15) is 5.76 Å². The Kier molecular flexibility index (Phi) is 4.96. The minimum absolute atomic E-state index is 0.388. The Hall–Kier alpha value is -1.89. The third-order valence-corrected chi connectivity index (χ3v) is 10.8. The van der Waals surface area contributed by atoms with Gasteiger partial charge in [0.05, 0.1) is 19.2 Å². The van der Waals surface area contributed by atoms with Crippen LogP contribution in [0.25, 0.3) is 5.20 Å². The molecule has 1 aliphatic heterocycles. The second-order valence-electron chi connectivity index (χ2n) is 10.3. The first-order valence-electron chi connectivity index (χ1n) is 11.2. The van der Waals surface area contributed by atoms with Crippen LogP contribution < -0.4 is 0 Å². The van der Waals surface area contributed by atoms with Crippen LogP contribution in [0.2, 0.25) is 19.6 Å². The summed E-state index contributed by atoms with van der Waals surface area (Å²) < 4.78 is 34.5. The number of sulfonamides is 1. The average Bonchev–Trinajstić information content (AvgIpc) is 3.29. The van der Waals surface area contributed by atoms with E-state index in [1.165, 1.54) is 27.5 Å². The van der Waals surface area contributed by atoms with Crippen LogP contribution >= 0.6 is 0 Å². The molecule has 0 saturated heterocycles. The molecular weight excluding hydrogens is 422 g/mol. The summed E-state index contributed by atoms with van der Waals surface area (Å²) in [5.74, 6) is 1.59. The lowest BCUT2D eigenvalue weighted by atomic mass is 9.79. The summed E-state index contributed by atoms with van der Waals surface area (Å²) in [4.78, 5) is 0.388. The maximum Gasteiger partial charge on any atom is 0.243 e. The van der Waals surface area contributed by atoms with Gasteiger partial charge in [-0.15, -0.1) is 0 Å². The van der Waals surface area contributed by atoms with E-state index < -0.39 is 18.1 Å². The highest BCUT2D eigenvalue weighted by molar-refractivity contribution is 7.89. The average molecular weight is 454 g/mol. The lowest BCUT2D eigenvalue weighted by Gasteiger charge is -2.29. The highest BCUT2D eigenvalue weighted by atomic mass is 32.2. The first kappa shape index (κ1) is 21.0. The fraction of sp³-hybridized carbons (Fsp3) is 0.440. The van der Waals surface area contributed by atoms with Gasteiger partial charge in [-0.3, -0.25) is 0 Å². The van der Waals surface area contributed by atoms with Gasteiger partial charge in [-0.05, 0) is 60.6 Å². The predicted molar refractivity (Wildman–Crippen MR) is 127 cm³/mol. The second kappa shape index (κ2) is 7.32. The van der Waals surface area contributed by atoms with Crippen LogP contribution in [0.15, 0.2) is 57.1 Å². The highest BCUT2D eigenvalue weighted by Crippen LogP contribution is 2.47. The third kappa shape index (κ3) is 3.58. The van der Waals surface area contributed by atoms with E-state index in [1.807, 2.05) is 25.3 Å². The molecular formula is C25H31NO3SSi. The first-order valence-corrected chi connectivity index (χ1v) is 16.2. The quantitative estimate of drug-likeness (QED) is 0.562. The van der Waals surface area contributed by atoms with Crippen molar-refractivity contribution in [2.24, 2.45) is 0 Å². The van der Waals surface area contributed by atoms with Gasteiger partial charge in [0.15, 0.2) is 0 Å². The first-order chi connectivity index (χ1) is 14.6. The van der Waals surface area contributed by atoms with E-state index in [4.69, 9.17) is 4.42 Å². The zero-order valence-corrected chi connectivity index (χ0v) is 20.7. The Balaban J connectivity index is 1.56. The molecule has 1 aromatic heterocycles. The number of hydrogen-bond acceptors (Lipinski definition) is 3. The number of benzene rings is 1. The van der Waals surface area contributed by atoms with E-state index in [-0.39, 0.29) is 0 Å². The van der Waals surface area contributed by atoms with Crippen LogP contribution in [0.3, 0.4) is 0 Å². The standard InChI is InChI=1S/C25H31NO3SSi/c1-17-8-10-21(11-9-17)30(27,28)26-14-19-12-18-6-5-7-23-25(18)22(16-29-23)24(31(2,3)4)13-20(19)15-26/h8-11,13,16,18H,5-7,12,14-15H2,1-4H3/b24-13+/t18-/m0/s1. The zero-order valence-electron chi connectivity index (χ0n) is 18.9. The maximum absolute atomic E-state index is 13.4. The van der Waals surface area contributed by atoms with Crippen molar-refractivity contribution < 1.29 is 12.8 Å². The number of hydrogen-bond donors (Lipinski definition) is 0. The van der Waals surface area contributed by atoms with Crippen molar-refractivity contribution in [3.63, 3.8) is 0 Å². The molecule has 0 amide bonds. The van der Waals surface area contributed by atoms with Crippen molar-refractivity contribution >= 4 is 23.3 Å². The molecule has 1 aromatic carbocycles. The molecule has 0 saturated carbocycles. The summed E-state index contributed by atoms with van der Waals surface area (Å²) in [5.41, 5.74) is 6.26. The van der Waals surface area contributed by atoms with E-state index in [2.05, 4.69) is 25.7 Å². The topological polar surface area (TPSA) is 50.5 Å². The van der Waals surface area contributed by atoms with Crippen molar-refractivity contribution in [3.05, 3.63) is 70.2 Å². The Labute approximate surface area is 186 Å². The summed E-state index contributed by atoms with van der Waals surface area (Å²) in [6, 6.07) is 7.21. The van der Waals surface area contributed by atoms with E-state index in [0.717, 1.165) is 37.0 Å². The van der Waals surface area contributed by atoms with Crippen molar-refractivity contribution in [1.29, 1.82) is 0 Å². The normalized spacial score (nSPS) is 23.6. The van der Waals surface area contributed by atoms with Gasteiger partial charge in [-0.25, -0.2) is 8.42 Å². The molecule has 0 unspecified atom stereocenters. The summed E-state index contributed by atoms with van der Waals surface area (Å²) in [6.45, 7) is 10.0. The smallest absolute Gasteiger partial charge is 0.243 e. The molecule has 0 spiro atoms. The van der Waals surface area contributed by atoms with Gasteiger partial charge in [0.2, 0.25) is 10.0 Å². The lowest BCUT2D eigenvalue weighted by molar-refractivity contribution is 0.442. The largest absolute Gasteiger partial charge is 0.468 e. The third-order valence-electron chi connectivity index (χ3n) is 7.01. The molecule has 2 heterocycles. The Morgan fingerprint density at radius 3 is 2.55 bits per heavy atom. The molecule has 0 fully saturated rings. The van der Waals surface area contributed by atoms with Gasteiger partial charge in [0.25, 0.3) is 0 Å². The summed E-state index contributed by atoms with van der Waals surface area (Å²) in [6.07, 6.45) is 8.55. The number of nitrogens with zero attached hydrogens (tertiary/aromatic N) is 1. The zero-order chi connectivity index (χ0) is 22.0. The van der Waals surface area contributed by atoms with E-state index in [0.29, 0.717) is 23.9 Å². The molecule has 31 heavy (non-hydrogen) atoms. The molecule has 5 rings (SSSR count).